The summed E-state index contributed by atoms with van der Waals surface area (Å²) in [5.74, 6) is 1.68. The molecule has 160 valence electrons. The van der Waals surface area contributed by atoms with Crippen LogP contribution >= 0.6 is 0 Å². The number of aromatic amines is 1. The van der Waals surface area contributed by atoms with Crippen LogP contribution in [0.2, 0.25) is 0 Å². The Balaban J connectivity index is 1.84. The molecule has 0 atom stereocenters. The molecule has 0 aliphatic rings. The van der Waals surface area contributed by atoms with E-state index in [1.165, 1.54) is 0 Å². The third-order valence-corrected chi connectivity index (χ3v) is 5.56. The van der Waals surface area contributed by atoms with Gasteiger partial charge in [0.25, 0.3) is 5.91 Å². The Labute approximate surface area is 181 Å². The molecule has 0 bridgehead atoms. The summed E-state index contributed by atoms with van der Waals surface area (Å²) in [5.41, 5.74) is 5.25. The first-order valence-corrected chi connectivity index (χ1v) is 10.1. The minimum absolute atomic E-state index is 0.244. The molecule has 0 aliphatic carbocycles. The number of fused-ring (bicyclic) bond motifs is 1. The molecular formula is C24H26N4O3. The molecule has 0 aliphatic heterocycles. The Bertz CT molecular complexity index is 1210. The third-order valence-electron chi connectivity index (χ3n) is 5.56. The molecule has 4 rings (SSSR count). The minimum Gasteiger partial charge on any atom is -0.496 e. The van der Waals surface area contributed by atoms with Crippen molar-refractivity contribution in [1.29, 1.82) is 0 Å². The predicted octanol–water partition coefficient (Wildman–Crippen LogP) is 4.56. The van der Waals surface area contributed by atoms with Crippen LogP contribution in [0, 0.1) is 13.8 Å². The zero-order valence-electron chi connectivity index (χ0n) is 18.2. The third kappa shape index (κ3) is 3.80. The van der Waals surface area contributed by atoms with E-state index in [4.69, 9.17) is 14.5 Å². The van der Waals surface area contributed by atoms with Crippen LogP contribution in [0.25, 0.3) is 22.4 Å². The average molecular weight is 418 g/mol. The van der Waals surface area contributed by atoms with Crippen molar-refractivity contribution in [2.75, 3.05) is 26.1 Å². The molecule has 4 aromatic rings. The minimum atomic E-state index is -0.244. The molecule has 0 spiro atoms. The second-order valence-corrected chi connectivity index (χ2v) is 7.34. The van der Waals surface area contributed by atoms with Crippen molar-refractivity contribution in [3.8, 4) is 17.1 Å². The first kappa shape index (κ1) is 20.7. The maximum absolute atomic E-state index is 13.2. The molecule has 0 radical (unpaired) electrons. The van der Waals surface area contributed by atoms with Crippen molar-refractivity contribution in [1.82, 2.24) is 14.5 Å². The lowest BCUT2D eigenvalue weighted by Crippen LogP contribution is -2.18. The number of carbonyl (C=O) groups excluding carboxylic acids is 1. The standard InChI is InChI=1S/C24H26N4O3/c1-15-16(2)28(13-14-30-3)23(27-24(29)17-9-5-8-12-20(17)31-4)21(15)22-25-18-10-6-7-11-19(18)26-22/h5-12H,13-14H2,1-4H3,(H,25,26)(H,27,29). The number of ether oxygens (including phenoxy) is 2. The van der Waals surface area contributed by atoms with Crippen LogP contribution in [0.15, 0.2) is 48.5 Å². The van der Waals surface area contributed by atoms with E-state index >= 15 is 0 Å². The van der Waals surface area contributed by atoms with Crippen molar-refractivity contribution < 1.29 is 14.3 Å². The van der Waals surface area contributed by atoms with Crippen molar-refractivity contribution in [3.05, 3.63) is 65.4 Å². The van der Waals surface area contributed by atoms with Gasteiger partial charge in [-0.25, -0.2) is 4.98 Å². The Morgan fingerprint density at radius 3 is 2.58 bits per heavy atom. The van der Waals surface area contributed by atoms with Crippen LogP contribution in [-0.4, -0.2) is 41.3 Å². The molecule has 2 aromatic carbocycles. The topological polar surface area (TPSA) is 81.2 Å². The first-order valence-electron chi connectivity index (χ1n) is 10.1. The number of H-pyrrole nitrogens is 1. The maximum atomic E-state index is 13.2. The summed E-state index contributed by atoms with van der Waals surface area (Å²) in [4.78, 5) is 21.4. The maximum Gasteiger partial charge on any atom is 0.260 e. The number of benzene rings is 2. The van der Waals surface area contributed by atoms with E-state index < -0.39 is 0 Å². The average Bonchev–Trinajstić information content (AvgIpc) is 3.31. The number of para-hydroxylation sites is 3. The fourth-order valence-electron chi connectivity index (χ4n) is 3.82. The smallest absolute Gasteiger partial charge is 0.260 e. The number of hydrogen-bond donors (Lipinski definition) is 2. The number of amides is 1. The Hall–Kier alpha value is -3.58. The number of hydrogen-bond acceptors (Lipinski definition) is 4. The molecule has 7 heteroatoms. The normalized spacial score (nSPS) is 11.1. The van der Waals surface area contributed by atoms with Gasteiger partial charge in [-0.15, -0.1) is 0 Å². The molecular weight excluding hydrogens is 392 g/mol. The molecule has 2 aromatic heterocycles. The lowest BCUT2D eigenvalue weighted by molar-refractivity contribution is 0.102. The van der Waals surface area contributed by atoms with Crippen LogP contribution in [0.3, 0.4) is 0 Å². The highest BCUT2D eigenvalue weighted by Gasteiger charge is 2.24. The van der Waals surface area contributed by atoms with E-state index in [0.717, 1.165) is 27.9 Å². The van der Waals surface area contributed by atoms with E-state index in [1.54, 1.807) is 26.4 Å². The van der Waals surface area contributed by atoms with E-state index in [2.05, 4.69) is 14.9 Å². The van der Waals surface area contributed by atoms with Gasteiger partial charge in [-0.05, 0) is 43.7 Å². The van der Waals surface area contributed by atoms with Gasteiger partial charge in [0.15, 0.2) is 0 Å². The molecule has 0 saturated carbocycles. The highest BCUT2D eigenvalue weighted by Crippen LogP contribution is 2.36. The summed E-state index contributed by atoms with van der Waals surface area (Å²) in [6.07, 6.45) is 0. The second kappa shape index (κ2) is 8.65. The molecule has 0 saturated heterocycles. The van der Waals surface area contributed by atoms with Gasteiger partial charge in [0.05, 0.1) is 35.9 Å². The van der Waals surface area contributed by atoms with Crippen LogP contribution in [0.5, 0.6) is 5.75 Å². The van der Waals surface area contributed by atoms with E-state index in [9.17, 15) is 4.79 Å². The number of methoxy groups -OCH3 is 2. The quantitative estimate of drug-likeness (QED) is 0.461. The van der Waals surface area contributed by atoms with Gasteiger partial charge in [0, 0.05) is 19.3 Å². The molecule has 0 unspecified atom stereocenters. The van der Waals surface area contributed by atoms with Gasteiger partial charge in [0.2, 0.25) is 0 Å². The SMILES string of the molecule is COCCn1c(C)c(C)c(-c2nc3ccccc3[nH]2)c1NC(=O)c1ccccc1OC. The van der Waals surface area contributed by atoms with Crippen molar-refractivity contribution >= 4 is 22.8 Å². The van der Waals surface area contributed by atoms with Crippen LogP contribution < -0.4 is 10.1 Å². The predicted molar refractivity (Wildman–Crippen MR) is 122 cm³/mol. The zero-order chi connectivity index (χ0) is 22.0. The largest absolute Gasteiger partial charge is 0.496 e. The second-order valence-electron chi connectivity index (χ2n) is 7.34. The fraction of sp³-hybridized carbons (Fsp3) is 0.250. The van der Waals surface area contributed by atoms with Crippen LogP contribution in [0.4, 0.5) is 5.82 Å². The molecule has 31 heavy (non-hydrogen) atoms. The highest BCUT2D eigenvalue weighted by molar-refractivity contribution is 6.07. The van der Waals surface area contributed by atoms with Crippen molar-refractivity contribution in [2.24, 2.45) is 0 Å². The summed E-state index contributed by atoms with van der Waals surface area (Å²) in [6.45, 7) is 5.20. The van der Waals surface area contributed by atoms with Gasteiger partial charge in [0.1, 0.15) is 17.4 Å². The fourth-order valence-corrected chi connectivity index (χ4v) is 3.82. The molecule has 0 fully saturated rings. The van der Waals surface area contributed by atoms with E-state index in [1.807, 2.05) is 50.2 Å². The van der Waals surface area contributed by atoms with Gasteiger partial charge < -0.3 is 24.3 Å². The number of nitrogens with zero attached hydrogens (tertiary/aromatic N) is 2. The summed E-state index contributed by atoms with van der Waals surface area (Å²) < 4.78 is 12.7. The van der Waals surface area contributed by atoms with Crippen LogP contribution in [-0.2, 0) is 11.3 Å². The van der Waals surface area contributed by atoms with Gasteiger partial charge in [-0.3, -0.25) is 4.79 Å². The summed E-state index contributed by atoms with van der Waals surface area (Å²) in [7, 11) is 3.22. The lowest BCUT2D eigenvalue weighted by atomic mass is 10.1. The van der Waals surface area contributed by atoms with Crippen molar-refractivity contribution in [2.45, 2.75) is 20.4 Å². The summed E-state index contributed by atoms with van der Waals surface area (Å²) >= 11 is 0. The van der Waals surface area contributed by atoms with Crippen LogP contribution in [0.1, 0.15) is 21.6 Å². The number of aromatic nitrogens is 3. The molecule has 2 N–H and O–H groups in total. The Morgan fingerprint density at radius 1 is 1.10 bits per heavy atom. The number of nitrogens with one attached hydrogen (secondary N) is 2. The van der Waals surface area contributed by atoms with Crippen molar-refractivity contribution in [3.63, 3.8) is 0 Å². The number of rotatable bonds is 7. The van der Waals surface area contributed by atoms with Gasteiger partial charge >= 0.3 is 0 Å². The summed E-state index contributed by atoms with van der Waals surface area (Å²) in [5, 5.41) is 3.11. The molecule has 2 heterocycles. The number of imidazole rings is 1. The summed E-state index contributed by atoms with van der Waals surface area (Å²) in [6, 6.07) is 15.1. The highest BCUT2D eigenvalue weighted by atomic mass is 16.5. The van der Waals surface area contributed by atoms with Gasteiger partial charge in [-0.1, -0.05) is 24.3 Å². The van der Waals surface area contributed by atoms with E-state index in [-0.39, 0.29) is 5.91 Å². The monoisotopic (exact) mass is 418 g/mol. The number of carbonyl (C=O) groups is 1. The lowest BCUT2D eigenvalue weighted by Gasteiger charge is -2.14. The Kier molecular flexibility index (Phi) is 5.77. The molecule has 1 amide bonds. The first-order chi connectivity index (χ1) is 15.0. The van der Waals surface area contributed by atoms with E-state index in [0.29, 0.717) is 36.1 Å². The molecule has 7 nitrogen and oxygen atoms in total. The van der Waals surface area contributed by atoms with Gasteiger partial charge in [-0.2, -0.15) is 0 Å². The zero-order valence-corrected chi connectivity index (χ0v) is 18.2. The Morgan fingerprint density at radius 2 is 1.84 bits per heavy atom. The number of anilines is 1.